The lowest BCUT2D eigenvalue weighted by atomic mass is 10.2. The second-order valence-corrected chi connectivity index (χ2v) is 4.22. The van der Waals surface area contributed by atoms with E-state index in [9.17, 15) is 4.39 Å². The number of hydrogen-bond acceptors (Lipinski definition) is 3. The Balaban J connectivity index is 2.34. The first kappa shape index (κ1) is 11.1. The fourth-order valence-corrected chi connectivity index (χ4v) is 1.75. The molecule has 2 N–H and O–H groups in total. The zero-order chi connectivity index (χ0) is 11.7. The van der Waals surface area contributed by atoms with Crippen LogP contribution in [0.3, 0.4) is 0 Å². The summed E-state index contributed by atoms with van der Waals surface area (Å²) in [5, 5.41) is 7.63. The molecule has 0 saturated carbocycles. The molecule has 0 atom stereocenters. The summed E-state index contributed by atoms with van der Waals surface area (Å²) in [6.45, 7) is 2.26. The van der Waals surface area contributed by atoms with E-state index in [1.807, 2.05) is 13.0 Å². The number of hydrogen-bond donors (Lipinski definition) is 1. The fraction of sp³-hybridized carbons (Fsp3) is 0.200. The molecule has 1 aromatic heterocycles. The number of nitrogens with two attached hydrogens (primary N) is 1. The van der Waals surface area contributed by atoms with E-state index < -0.39 is 0 Å². The van der Waals surface area contributed by atoms with Crippen LogP contribution in [0, 0.1) is 12.7 Å². The van der Waals surface area contributed by atoms with Gasteiger partial charge in [-0.05, 0) is 34.5 Å². The van der Waals surface area contributed by atoms with E-state index in [0.29, 0.717) is 16.8 Å². The zero-order valence-electron chi connectivity index (χ0n) is 8.61. The van der Waals surface area contributed by atoms with Crippen LogP contribution in [0.1, 0.15) is 11.3 Å². The Hall–Kier alpha value is -1.43. The summed E-state index contributed by atoms with van der Waals surface area (Å²) in [5.41, 5.74) is 7.16. The summed E-state index contributed by atoms with van der Waals surface area (Å²) in [5.74, 6) is 0.107. The lowest BCUT2D eigenvalue weighted by Gasteiger charge is -2.06. The normalized spacial score (nSPS) is 10.7. The van der Waals surface area contributed by atoms with Crippen LogP contribution in [0.4, 0.5) is 10.2 Å². The molecule has 0 amide bonds. The van der Waals surface area contributed by atoms with Crippen LogP contribution in [0.15, 0.2) is 22.7 Å². The molecule has 1 heterocycles. The van der Waals surface area contributed by atoms with Gasteiger partial charge in [0.05, 0.1) is 16.7 Å². The van der Waals surface area contributed by atoms with Crippen molar-refractivity contribution in [2.45, 2.75) is 13.5 Å². The largest absolute Gasteiger partial charge is 0.381 e. The molecule has 0 aliphatic heterocycles. The van der Waals surface area contributed by atoms with Crippen LogP contribution < -0.4 is 5.73 Å². The van der Waals surface area contributed by atoms with Crippen LogP contribution >= 0.6 is 15.9 Å². The van der Waals surface area contributed by atoms with Gasteiger partial charge in [0.15, 0.2) is 5.82 Å². The molecule has 2 aromatic rings. The second-order valence-electron chi connectivity index (χ2n) is 3.43. The van der Waals surface area contributed by atoms with Crippen LogP contribution in [0.5, 0.6) is 0 Å². The highest BCUT2D eigenvalue weighted by Gasteiger charge is 2.09. The van der Waals surface area contributed by atoms with Crippen molar-refractivity contribution in [2.75, 3.05) is 5.73 Å². The van der Waals surface area contributed by atoms with Crippen molar-refractivity contribution in [1.29, 1.82) is 0 Å². The standard InChI is InChI=1S/C10H10BrFN4/c1-6-10(13)14-15-16(6)5-7-3-2-4-8(12)9(7)11/h2-4H,5,13H2,1H3. The second kappa shape index (κ2) is 4.21. The summed E-state index contributed by atoms with van der Waals surface area (Å²) in [7, 11) is 0. The highest BCUT2D eigenvalue weighted by molar-refractivity contribution is 9.10. The van der Waals surface area contributed by atoms with Gasteiger partial charge >= 0.3 is 0 Å². The number of benzene rings is 1. The van der Waals surface area contributed by atoms with Crippen molar-refractivity contribution in [3.05, 3.63) is 39.7 Å². The molecule has 0 saturated heterocycles. The van der Waals surface area contributed by atoms with Crippen LogP contribution in [0.2, 0.25) is 0 Å². The summed E-state index contributed by atoms with van der Waals surface area (Å²) in [4.78, 5) is 0. The van der Waals surface area contributed by atoms with Gasteiger partial charge in [0.1, 0.15) is 5.82 Å². The highest BCUT2D eigenvalue weighted by Crippen LogP contribution is 2.21. The van der Waals surface area contributed by atoms with Gasteiger partial charge in [-0.1, -0.05) is 17.3 Å². The van der Waals surface area contributed by atoms with Gasteiger partial charge in [-0.3, -0.25) is 0 Å². The zero-order valence-corrected chi connectivity index (χ0v) is 10.2. The number of aromatic nitrogens is 3. The number of nitrogen functional groups attached to an aromatic ring is 1. The highest BCUT2D eigenvalue weighted by atomic mass is 79.9. The maximum atomic E-state index is 13.3. The van der Waals surface area contributed by atoms with Gasteiger partial charge in [0.2, 0.25) is 0 Å². The summed E-state index contributed by atoms with van der Waals surface area (Å²) in [6, 6.07) is 4.88. The van der Waals surface area contributed by atoms with Crippen molar-refractivity contribution in [1.82, 2.24) is 15.0 Å². The van der Waals surface area contributed by atoms with Gasteiger partial charge in [-0.2, -0.15) is 0 Å². The van der Waals surface area contributed by atoms with Gasteiger partial charge in [-0.15, -0.1) is 5.10 Å². The molecule has 0 radical (unpaired) electrons. The van der Waals surface area contributed by atoms with Gasteiger partial charge in [-0.25, -0.2) is 9.07 Å². The molecule has 4 nitrogen and oxygen atoms in total. The predicted molar refractivity (Wildman–Crippen MR) is 62.4 cm³/mol. The molecule has 2 rings (SSSR count). The summed E-state index contributed by atoms with van der Waals surface area (Å²) < 4.78 is 15.4. The lowest BCUT2D eigenvalue weighted by Crippen LogP contribution is -2.05. The fourth-order valence-electron chi connectivity index (χ4n) is 1.36. The molecule has 84 valence electrons. The van der Waals surface area contributed by atoms with Crippen LogP contribution in [0.25, 0.3) is 0 Å². The molecule has 1 aromatic carbocycles. The van der Waals surface area contributed by atoms with Crippen molar-refractivity contribution in [2.24, 2.45) is 0 Å². The van der Waals surface area contributed by atoms with Crippen LogP contribution in [-0.4, -0.2) is 15.0 Å². The van der Waals surface area contributed by atoms with E-state index in [4.69, 9.17) is 5.73 Å². The summed E-state index contributed by atoms with van der Waals surface area (Å²) in [6.07, 6.45) is 0. The minimum Gasteiger partial charge on any atom is -0.381 e. The third-order valence-electron chi connectivity index (χ3n) is 2.37. The first-order valence-electron chi connectivity index (χ1n) is 4.68. The monoisotopic (exact) mass is 284 g/mol. The quantitative estimate of drug-likeness (QED) is 0.919. The number of halogens is 2. The Morgan fingerprint density at radius 3 is 2.88 bits per heavy atom. The van der Waals surface area contributed by atoms with Gasteiger partial charge < -0.3 is 5.73 Å². The van der Waals surface area contributed by atoms with E-state index in [0.717, 1.165) is 11.3 Å². The van der Waals surface area contributed by atoms with Crippen LogP contribution in [-0.2, 0) is 6.54 Å². The van der Waals surface area contributed by atoms with E-state index >= 15 is 0 Å². The third kappa shape index (κ3) is 1.92. The lowest BCUT2D eigenvalue weighted by molar-refractivity contribution is 0.601. The van der Waals surface area contributed by atoms with Gasteiger partial charge in [0, 0.05) is 0 Å². The molecule has 0 spiro atoms. The molecule has 0 bridgehead atoms. The Kier molecular flexibility index (Phi) is 2.91. The Bertz CT molecular complexity index is 524. The molecule has 0 aliphatic carbocycles. The molecule has 0 aliphatic rings. The SMILES string of the molecule is Cc1c(N)nnn1Cc1cccc(F)c1Br. The molecular formula is C10H10BrFN4. The molecule has 0 unspecified atom stereocenters. The summed E-state index contributed by atoms with van der Waals surface area (Å²) >= 11 is 3.20. The maximum Gasteiger partial charge on any atom is 0.168 e. The van der Waals surface area contributed by atoms with E-state index in [1.165, 1.54) is 6.07 Å². The topological polar surface area (TPSA) is 56.7 Å². The molecular weight excluding hydrogens is 275 g/mol. The number of anilines is 1. The third-order valence-corrected chi connectivity index (χ3v) is 3.26. The first-order chi connectivity index (χ1) is 7.59. The minimum absolute atomic E-state index is 0.289. The van der Waals surface area contributed by atoms with Crippen molar-refractivity contribution in [3.8, 4) is 0 Å². The number of rotatable bonds is 2. The maximum absolute atomic E-state index is 13.3. The van der Waals surface area contributed by atoms with E-state index in [2.05, 4.69) is 26.2 Å². The molecule has 6 heteroatoms. The Labute approximate surface area is 100 Å². The van der Waals surface area contributed by atoms with Crippen molar-refractivity contribution < 1.29 is 4.39 Å². The average molecular weight is 285 g/mol. The average Bonchev–Trinajstić information content (AvgIpc) is 2.57. The minimum atomic E-state index is -0.289. The predicted octanol–water partition coefficient (Wildman–Crippen LogP) is 2.12. The smallest absolute Gasteiger partial charge is 0.168 e. The molecule has 16 heavy (non-hydrogen) atoms. The Morgan fingerprint density at radius 1 is 1.50 bits per heavy atom. The van der Waals surface area contributed by atoms with Crippen molar-refractivity contribution >= 4 is 21.7 Å². The Morgan fingerprint density at radius 2 is 2.25 bits per heavy atom. The van der Waals surface area contributed by atoms with E-state index in [1.54, 1.807) is 10.7 Å². The van der Waals surface area contributed by atoms with E-state index in [-0.39, 0.29) is 5.82 Å². The van der Waals surface area contributed by atoms with Gasteiger partial charge in [0.25, 0.3) is 0 Å². The van der Waals surface area contributed by atoms with Crippen molar-refractivity contribution in [3.63, 3.8) is 0 Å². The first-order valence-corrected chi connectivity index (χ1v) is 5.47. The number of nitrogens with zero attached hydrogens (tertiary/aromatic N) is 3. The molecule has 0 fully saturated rings.